The van der Waals surface area contributed by atoms with Crippen LogP contribution in [0, 0.1) is 5.92 Å². The number of Topliss-reactive ketones (excluding diaryl/α,β-unsaturated/α-hetero) is 1. The maximum Gasteiger partial charge on any atom is 0.166 e. The molecule has 74 valence electrons. The fraction of sp³-hybridized carbons (Fsp3) is 0.364. The average molecular weight is 227 g/mol. The van der Waals surface area contributed by atoms with Gasteiger partial charge in [0.05, 0.1) is 0 Å². The molecule has 1 unspecified atom stereocenters. The van der Waals surface area contributed by atoms with E-state index in [1.165, 1.54) is 0 Å². The molecule has 0 saturated carbocycles. The summed E-state index contributed by atoms with van der Waals surface area (Å²) in [7, 11) is 0. The highest BCUT2D eigenvalue weighted by molar-refractivity contribution is 7.99. The van der Waals surface area contributed by atoms with Gasteiger partial charge in [0.2, 0.25) is 0 Å². The highest BCUT2D eigenvalue weighted by Gasteiger charge is 2.24. The van der Waals surface area contributed by atoms with Gasteiger partial charge in [0.1, 0.15) is 0 Å². The third-order valence-corrected chi connectivity index (χ3v) is 3.81. The van der Waals surface area contributed by atoms with E-state index in [2.05, 4.69) is 0 Å². The summed E-state index contributed by atoms with van der Waals surface area (Å²) in [6.07, 6.45) is 1.01. The normalized spacial score (nSPS) is 21.1. The van der Waals surface area contributed by atoms with Crippen molar-refractivity contribution in [3.63, 3.8) is 0 Å². The molecule has 1 aromatic rings. The lowest BCUT2D eigenvalue weighted by atomic mass is 9.97. The summed E-state index contributed by atoms with van der Waals surface area (Å²) < 4.78 is 0. The Morgan fingerprint density at radius 1 is 1.50 bits per heavy atom. The van der Waals surface area contributed by atoms with Crippen LogP contribution in [0.4, 0.5) is 0 Å². The Bertz CT molecular complexity index is 345. The number of carbonyl (C=O) groups is 1. The van der Waals surface area contributed by atoms with Gasteiger partial charge in [-0.1, -0.05) is 23.7 Å². The molecular formula is C11H11ClOS. The Hall–Kier alpha value is -0.470. The number of benzene rings is 1. The summed E-state index contributed by atoms with van der Waals surface area (Å²) in [5.41, 5.74) is 0.755. The molecule has 0 radical (unpaired) electrons. The fourth-order valence-corrected chi connectivity index (χ4v) is 3.03. The van der Waals surface area contributed by atoms with Gasteiger partial charge in [-0.25, -0.2) is 0 Å². The van der Waals surface area contributed by atoms with E-state index in [1.807, 2.05) is 23.9 Å². The summed E-state index contributed by atoms with van der Waals surface area (Å²) >= 11 is 7.69. The molecule has 1 fully saturated rings. The molecular weight excluding hydrogens is 216 g/mol. The summed E-state index contributed by atoms with van der Waals surface area (Å²) in [4.78, 5) is 11.9. The van der Waals surface area contributed by atoms with Crippen molar-refractivity contribution in [3.8, 4) is 0 Å². The number of carbonyl (C=O) groups excluding carboxylic acids is 1. The predicted molar refractivity (Wildman–Crippen MR) is 61.2 cm³/mol. The van der Waals surface area contributed by atoms with E-state index in [0.717, 1.165) is 23.5 Å². The Morgan fingerprint density at radius 2 is 2.36 bits per heavy atom. The molecule has 2 rings (SSSR count). The second-order valence-electron chi connectivity index (χ2n) is 3.44. The second kappa shape index (κ2) is 4.37. The van der Waals surface area contributed by atoms with Crippen LogP contribution in [-0.2, 0) is 0 Å². The molecule has 3 heteroatoms. The number of hydrogen-bond donors (Lipinski definition) is 0. The van der Waals surface area contributed by atoms with Crippen molar-refractivity contribution in [1.82, 2.24) is 0 Å². The summed E-state index contributed by atoms with van der Waals surface area (Å²) in [5, 5.41) is 0.640. The smallest absolute Gasteiger partial charge is 0.166 e. The van der Waals surface area contributed by atoms with Gasteiger partial charge in [-0.15, -0.1) is 0 Å². The van der Waals surface area contributed by atoms with E-state index in [4.69, 9.17) is 11.6 Å². The molecule has 1 heterocycles. The van der Waals surface area contributed by atoms with Crippen molar-refractivity contribution in [2.75, 3.05) is 11.5 Å². The molecule has 1 saturated heterocycles. The van der Waals surface area contributed by atoms with E-state index < -0.39 is 0 Å². The summed E-state index contributed by atoms with van der Waals surface area (Å²) in [6, 6.07) is 7.23. The van der Waals surface area contributed by atoms with Gasteiger partial charge in [0.25, 0.3) is 0 Å². The number of hydrogen-bond acceptors (Lipinski definition) is 2. The molecule has 0 aliphatic carbocycles. The third kappa shape index (κ3) is 2.12. The number of ketones is 1. The fourth-order valence-electron chi connectivity index (χ4n) is 1.62. The molecule has 0 aromatic heterocycles. The Balaban J connectivity index is 2.17. The lowest BCUT2D eigenvalue weighted by molar-refractivity contribution is 0.0934. The van der Waals surface area contributed by atoms with E-state index in [0.29, 0.717) is 5.02 Å². The Kier molecular flexibility index (Phi) is 3.14. The molecule has 0 spiro atoms. The zero-order chi connectivity index (χ0) is 9.97. The highest BCUT2D eigenvalue weighted by atomic mass is 35.5. The Morgan fingerprint density at radius 3 is 3.00 bits per heavy atom. The van der Waals surface area contributed by atoms with Crippen LogP contribution in [0.5, 0.6) is 0 Å². The van der Waals surface area contributed by atoms with E-state index in [1.54, 1.807) is 12.1 Å². The molecule has 1 aromatic carbocycles. The highest BCUT2D eigenvalue weighted by Crippen LogP contribution is 2.27. The van der Waals surface area contributed by atoms with Crippen LogP contribution >= 0.6 is 23.4 Å². The summed E-state index contributed by atoms with van der Waals surface area (Å²) in [6.45, 7) is 0. The van der Waals surface area contributed by atoms with Crippen molar-refractivity contribution >= 4 is 29.1 Å². The lowest BCUT2D eigenvalue weighted by Gasteiger charge is -2.06. The van der Waals surface area contributed by atoms with Crippen molar-refractivity contribution in [3.05, 3.63) is 34.9 Å². The van der Waals surface area contributed by atoms with Crippen LogP contribution in [0.2, 0.25) is 5.02 Å². The quantitative estimate of drug-likeness (QED) is 0.720. The van der Waals surface area contributed by atoms with Gasteiger partial charge in [0, 0.05) is 22.3 Å². The van der Waals surface area contributed by atoms with Gasteiger partial charge in [0.15, 0.2) is 5.78 Å². The average Bonchev–Trinajstić information content (AvgIpc) is 2.69. The minimum Gasteiger partial charge on any atom is -0.294 e. The topological polar surface area (TPSA) is 17.1 Å². The second-order valence-corrected chi connectivity index (χ2v) is 5.02. The first-order valence-electron chi connectivity index (χ1n) is 4.65. The predicted octanol–water partition coefficient (Wildman–Crippen LogP) is 3.28. The van der Waals surface area contributed by atoms with Gasteiger partial charge in [-0.3, -0.25) is 4.79 Å². The summed E-state index contributed by atoms with van der Waals surface area (Å²) in [5.74, 6) is 2.53. The van der Waals surface area contributed by atoms with Crippen molar-refractivity contribution in [1.29, 1.82) is 0 Å². The first kappa shape index (κ1) is 10.1. The molecule has 1 atom stereocenters. The minimum atomic E-state index is 0.207. The molecule has 14 heavy (non-hydrogen) atoms. The number of rotatable bonds is 2. The van der Waals surface area contributed by atoms with Crippen molar-refractivity contribution in [2.24, 2.45) is 5.92 Å². The van der Waals surface area contributed by atoms with Crippen LogP contribution in [-0.4, -0.2) is 17.3 Å². The third-order valence-electron chi connectivity index (χ3n) is 2.41. The van der Waals surface area contributed by atoms with Crippen LogP contribution in [0.15, 0.2) is 24.3 Å². The van der Waals surface area contributed by atoms with E-state index >= 15 is 0 Å². The zero-order valence-corrected chi connectivity index (χ0v) is 9.27. The maximum atomic E-state index is 11.9. The first-order chi connectivity index (χ1) is 6.77. The molecule has 0 bridgehead atoms. The molecule has 1 nitrogen and oxygen atoms in total. The largest absolute Gasteiger partial charge is 0.294 e. The standard InChI is InChI=1S/C11H11ClOS/c12-10-3-1-2-8(6-10)11(13)9-4-5-14-7-9/h1-3,6,9H,4-5,7H2. The Labute approximate surface area is 92.8 Å². The molecule has 1 aliphatic rings. The SMILES string of the molecule is O=C(c1cccc(Cl)c1)C1CCSC1. The van der Waals surface area contributed by atoms with E-state index in [-0.39, 0.29) is 11.7 Å². The van der Waals surface area contributed by atoms with Crippen LogP contribution in [0.25, 0.3) is 0 Å². The molecule has 1 aliphatic heterocycles. The number of halogens is 1. The molecule has 0 amide bonds. The van der Waals surface area contributed by atoms with Crippen LogP contribution < -0.4 is 0 Å². The van der Waals surface area contributed by atoms with Gasteiger partial charge >= 0.3 is 0 Å². The minimum absolute atomic E-state index is 0.207. The number of thioether (sulfide) groups is 1. The van der Waals surface area contributed by atoms with Crippen LogP contribution in [0.1, 0.15) is 16.8 Å². The van der Waals surface area contributed by atoms with Crippen molar-refractivity contribution < 1.29 is 4.79 Å². The van der Waals surface area contributed by atoms with Gasteiger partial charge in [-0.2, -0.15) is 11.8 Å². The zero-order valence-electron chi connectivity index (χ0n) is 7.70. The monoisotopic (exact) mass is 226 g/mol. The van der Waals surface area contributed by atoms with Gasteiger partial charge in [-0.05, 0) is 24.3 Å². The van der Waals surface area contributed by atoms with Crippen molar-refractivity contribution in [2.45, 2.75) is 6.42 Å². The van der Waals surface area contributed by atoms with E-state index in [9.17, 15) is 4.79 Å². The lowest BCUT2D eigenvalue weighted by Crippen LogP contribution is -2.13. The molecule has 0 N–H and O–H groups in total. The van der Waals surface area contributed by atoms with Crippen LogP contribution in [0.3, 0.4) is 0 Å². The van der Waals surface area contributed by atoms with Gasteiger partial charge < -0.3 is 0 Å². The first-order valence-corrected chi connectivity index (χ1v) is 6.18. The maximum absolute atomic E-state index is 11.9.